The predicted molar refractivity (Wildman–Crippen MR) is 117 cm³/mol. The Morgan fingerprint density at radius 3 is 1.83 bits per heavy atom. The number of pyridine rings is 1. The minimum absolute atomic E-state index is 0.286. The maximum Gasteiger partial charge on any atom is 0.347 e. The van der Waals surface area contributed by atoms with Crippen LogP contribution < -0.4 is 4.57 Å². The highest BCUT2D eigenvalue weighted by atomic mass is 16.6. The Labute approximate surface area is 179 Å². The Bertz CT molecular complexity index is 921. The molecule has 0 N–H and O–H groups in total. The number of carbonyl (C=O) groups excluding carboxylic acids is 1. The number of aryl methyl sites for hydroxylation is 3. The van der Waals surface area contributed by atoms with Crippen molar-refractivity contribution in [1.82, 2.24) is 0 Å². The molecule has 0 amide bonds. The lowest BCUT2D eigenvalue weighted by Gasteiger charge is -2.32. The molecule has 30 heavy (non-hydrogen) atoms. The number of aromatic nitrogens is 1. The van der Waals surface area contributed by atoms with Crippen LogP contribution in [0.5, 0.6) is 0 Å². The molecule has 0 unspecified atom stereocenters. The Hall–Kier alpha value is -2.98. The molecule has 0 aliphatic rings. The van der Waals surface area contributed by atoms with Crippen LogP contribution in [0.2, 0.25) is 0 Å². The van der Waals surface area contributed by atoms with Gasteiger partial charge in [0, 0.05) is 26.0 Å². The summed E-state index contributed by atoms with van der Waals surface area (Å²) in [7, 11) is 0. The molecule has 3 rings (SSSR count). The van der Waals surface area contributed by atoms with E-state index in [0.29, 0.717) is 13.2 Å². The van der Waals surface area contributed by atoms with E-state index in [0.717, 1.165) is 22.5 Å². The molecule has 0 saturated heterocycles. The summed E-state index contributed by atoms with van der Waals surface area (Å²) in [5, 5.41) is 0. The van der Waals surface area contributed by atoms with Gasteiger partial charge in [-0.3, -0.25) is 0 Å². The summed E-state index contributed by atoms with van der Waals surface area (Å²) in [6.07, 6.45) is 0. The SMILES string of the molecule is CCOC(=O)C(OCC[n+]1c(C)cc(C)cc1C)(c1ccccc1)c1ccccc1. The van der Waals surface area contributed by atoms with Crippen molar-refractivity contribution in [3.05, 3.63) is 101 Å². The molecule has 0 spiro atoms. The van der Waals surface area contributed by atoms with E-state index in [1.165, 1.54) is 5.56 Å². The summed E-state index contributed by atoms with van der Waals surface area (Å²) in [6, 6.07) is 23.5. The van der Waals surface area contributed by atoms with Crippen molar-refractivity contribution in [1.29, 1.82) is 0 Å². The number of esters is 1. The van der Waals surface area contributed by atoms with E-state index < -0.39 is 11.6 Å². The second-order valence-electron chi connectivity index (χ2n) is 7.45. The molecule has 4 heteroatoms. The molecule has 0 atom stereocenters. The number of benzene rings is 2. The zero-order valence-electron chi connectivity index (χ0n) is 18.2. The number of rotatable bonds is 8. The van der Waals surface area contributed by atoms with Crippen molar-refractivity contribution in [2.75, 3.05) is 13.2 Å². The molecule has 1 heterocycles. The number of nitrogens with zero attached hydrogens (tertiary/aromatic N) is 1. The van der Waals surface area contributed by atoms with Crippen molar-refractivity contribution in [2.45, 2.75) is 39.8 Å². The van der Waals surface area contributed by atoms with Crippen molar-refractivity contribution in [2.24, 2.45) is 0 Å². The van der Waals surface area contributed by atoms with Gasteiger partial charge in [0.15, 0.2) is 17.9 Å². The molecule has 156 valence electrons. The minimum atomic E-state index is -1.31. The zero-order valence-corrected chi connectivity index (χ0v) is 18.2. The Morgan fingerprint density at radius 1 is 0.867 bits per heavy atom. The van der Waals surface area contributed by atoms with Gasteiger partial charge in [-0.05, 0) is 30.5 Å². The van der Waals surface area contributed by atoms with Gasteiger partial charge in [0.1, 0.15) is 6.61 Å². The molecule has 2 aromatic carbocycles. The van der Waals surface area contributed by atoms with Crippen LogP contribution in [0.15, 0.2) is 72.8 Å². The largest absolute Gasteiger partial charge is 0.463 e. The van der Waals surface area contributed by atoms with E-state index >= 15 is 0 Å². The van der Waals surface area contributed by atoms with Crippen molar-refractivity contribution in [3.63, 3.8) is 0 Å². The maximum atomic E-state index is 13.3. The van der Waals surface area contributed by atoms with Crippen LogP contribution in [0, 0.1) is 20.8 Å². The van der Waals surface area contributed by atoms with Crippen LogP contribution in [-0.4, -0.2) is 19.2 Å². The van der Waals surface area contributed by atoms with Gasteiger partial charge >= 0.3 is 5.97 Å². The third-order valence-electron chi connectivity index (χ3n) is 5.28. The number of hydrogen-bond donors (Lipinski definition) is 0. The van der Waals surface area contributed by atoms with Gasteiger partial charge in [0.25, 0.3) is 0 Å². The van der Waals surface area contributed by atoms with E-state index in [2.05, 4.69) is 37.5 Å². The number of carbonyl (C=O) groups is 1. The van der Waals surface area contributed by atoms with Gasteiger partial charge in [0.2, 0.25) is 5.60 Å². The fourth-order valence-corrected chi connectivity index (χ4v) is 3.98. The third kappa shape index (κ3) is 4.44. The van der Waals surface area contributed by atoms with Crippen molar-refractivity contribution in [3.8, 4) is 0 Å². The summed E-state index contributed by atoms with van der Waals surface area (Å²) < 4.78 is 14.2. The predicted octanol–water partition coefficient (Wildman–Crippen LogP) is 4.42. The molecular formula is C26H30NO3+. The first kappa shape index (κ1) is 21.7. The van der Waals surface area contributed by atoms with Gasteiger partial charge in [-0.1, -0.05) is 60.7 Å². The third-order valence-corrected chi connectivity index (χ3v) is 5.28. The zero-order chi connectivity index (χ0) is 21.6. The molecule has 0 fully saturated rings. The van der Waals surface area contributed by atoms with Crippen LogP contribution in [-0.2, 0) is 26.4 Å². The van der Waals surface area contributed by atoms with Crippen LogP contribution >= 0.6 is 0 Å². The molecule has 0 bridgehead atoms. The Balaban J connectivity index is 2.00. The second kappa shape index (κ2) is 9.68. The van der Waals surface area contributed by atoms with Gasteiger partial charge in [0.05, 0.1) is 6.61 Å². The molecule has 0 saturated carbocycles. The smallest absolute Gasteiger partial charge is 0.347 e. The second-order valence-corrected chi connectivity index (χ2v) is 7.45. The summed E-state index contributed by atoms with van der Waals surface area (Å²) in [5.41, 5.74) is 3.77. The monoisotopic (exact) mass is 404 g/mol. The van der Waals surface area contributed by atoms with E-state index in [1.807, 2.05) is 67.6 Å². The van der Waals surface area contributed by atoms with Gasteiger partial charge in [-0.2, -0.15) is 4.57 Å². The summed E-state index contributed by atoms with van der Waals surface area (Å²) in [6.45, 7) is 9.37. The quantitative estimate of drug-likeness (QED) is 0.412. The maximum absolute atomic E-state index is 13.3. The first-order chi connectivity index (χ1) is 14.5. The van der Waals surface area contributed by atoms with E-state index in [4.69, 9.17) is 9.47 Å². The normalized spacial score (nSPS) is 11.3. The fourth-order valence-electron chi connectivity index (χ4n) is 3.98. The highest BCUT2D eigenvalue weighted by Crippen LogP contribution is 2.35. The molecule has 1 aromatic heterocycles. The Kier molecular flexibility index (Phi) is 7.01. The highest BCUT2D eigenvalue weighted by Gasteiger charge is 2.45. The lowest BCUT2D eigenvalue weighted by atomic mass is 9.86. The molecular weight excluding hydrogens is 374 g/mol. The van der Waals surface area contributed by atoms with Crippen LogP contribution in [0.1, 0.15) is 35.0 Å². The molecule has 0 aliphatic heterocycles. The van der Waals surface area contributed by atoms with Gasteiger partial charge < -0.3 is 9.47 Å². The van der Waals surface area contributed by atoms with Crippen LogP contribution in [0.4, 0.5) is 0 Å². The summed E-state index contributed by atoms with van der Waals surface area (Å²) >= 11 is 0. The Morgan fingerprint density at radius 2 is 1.37 bits per heavy atom. The number of hydrogen-bond acceptors (Lipinski definition) is 3. The van der Waals surface area contributed by atoms with E-state index in [9.17, 15) is 4.79 Å². The molecule has 0 aliphatic carbocycles. The van der Waals surface area contributed by atoms with Crippen molar-refractivity contribution < 1.29 is 18.8 Å². The summed E-state index contributed by atoms with van der Waals surface area (Å²) in [4.78, 5) is 13.3. The van der Waals surface area contributed by atoms with Crippen LogP contribution in [0.3, 0.4) is 0 Å². The summed E-state index contributed by atoms with van der Waals surface area (Å²) in [5.74, 6) is -0.398. The average molecular weight is 405 g/mol. The first-order valence-corrected chi connectivity index (χ1v) is 10.4. The lowest BCUT2D eigenvalue weighted by molar-refractivity contribution is -0.710. The molecule has 4 nitrogen and oxygen atoms in total. The average Bonchev–Trinajstić information content (AvgIpc) is 2.74. The van der Waals surface area contributed by atoms with E-state index in [1.54, 1.807) is 0 Å². The molecule has 3 aromatic rings. The standard InChI is InChI=1S/C26H30NO3/c1-5-29-25(28)26(23-12-8-6-9-13-23,24-14-10-7-11-15-24)30-17-16-27-21(3)18-20(2)19-22(27)4/h6-15,18-19H,5,16-17H2,1-4H3/q+1. The highest BCUT2D eigenvalue weighted by molar-refractivity contribution is 5.85. The van der Waals surface area contributed by atoms with Crippen molar-refractivity contribution >= 4 is 5.97 Å². The van der Waals surface area contributed by atoms with E-state index in [-0.39, 0.29) is 6.61 Å². The topological polar surface area (TPSA) is 39.4 Å². The minimum Gasteiger partial charge on any atom is -0.463 e. The molecule has 0 radical (unpaired) electrons. The first-order valence-electron chi connectivity index (χ1n) is 10.4. The van der Waals surface area contributed by atoms with Gasteiger partial charge in [-0.15, -0.1) is 0 Å². The number of ether oxygens (including phenoxy) is 2. The lowest BCUT2D eigenvalue weighted by Crippen LogP contribution is -2.46. The fraction of sp³-hybridized carbons (Fsp3) is 0.308. The van der Waals surface area contributed by atoms with Crippen LogP contribution in [0.25, 0.3) is 0 Å². The van der Waals surface area contributed by atoms with Gasteiger partial charge in [-0.25, -0.2) is 4.79 Å².